The molecule has 0 saturated heterocycles. The molecule has 0 radical (unpaired) electrons. The second kappa shape index (κ2) is 7.84. The molecule has 6 nitrogen and oxygen atoms in total. The van der Waals surface area contributed by atoms with Crippen molar-refractivity contribution in [3.8, 4) is 5.75 Å². The van der Waals surface area contributed by atoms with Crippen LogP contribution in [0.4, 0.5) is 5.69 Å². The zero-order chi connectivity index (χ0) is 22.3. The molecule has 5 rings (SSSR count). The minimum Gasteiger partial charge on any atom is -0.488 e. The third kappa shape index (κ3) is 3.76. The van der Waals surface area contributed by atoms with Gasteiger partial charge in [0.05, 0.1) is 18.0 Å². The average molecular weight is 446 g/mol. The fourth-order valence-electron chi connectivity index (χ4n) is 4.32. The number of hydrogen-bond acceptors (Lipinski definition) is 4. The Kier molecular flexibility index (Phi) is 4.98. The molecule has 0 saturated carbocycles. The van der Waals surface area contributed by atoms with Crippen LogP contribution in [0.3, 0.4) is 0 Å². The maximum atomic E-state index is 11.8. The van der Waals surface area contributed by atoms with Crippen LogP contribution < -0.4 is 9.46 Å². The number of nitrogens with one attached hydrogen (secondary N) is 2. The fraction of sp³-hybridized carbons (Fsp3) is 0.160. The normalized spacial score (nSPS) is 14.8. The molecular weight excluding hydrogens is 422 g/mol. The predicted molar refractivity (Wildman–Crippen MR) is 128 cm³/mol. The van der Waals surface area contributed by atoms with Crippen molar-refractivity contribution in [3.63, 3.8) is 0 Å². The van der Waals surface area contributed by atoms with E-state index in [1.54, 1.807) is 6.07 Å². The van der Waals surface area contributed by atoms with Gasteiger partial charge in [-0.1, -0.05) is 37.3 Å². The van der Waals surface area contributed by atoms with Crippen molar-refractivity contribution in [2.24, 2.45) is 0 Å². The zero-order valence-electron chi connectivity index (χ0n) is 17.8. The van der Waals surface area contributed by atoms with E-state index in [0.29, 0.717) is 12.3 Å². The van der Waals surface area contributed by atoms with Gasteiger partial charge in [0, 0.05) is 16.6 Å². The predicted octanol–water partition coefficient (Wildman–Crippen LogP) is 5.20. The van der Waals surface area contributed by atoms with Gasteiger partial charge in [0.25, 0.3) is 0 Å². The van der Waals surface area contributed by atoms with Crippen LogP contribution in [0.15, 0.2) is 66.9 Å². The summed E-state index contributed by atoms with van der Waals surface area (Å²) in [6, 6.07) is 19.8. The first-order valence-corrected chi connectivity index (χ1v) is 12.3. The number of nitrogens with zero attached hydrogens (tertiary/aromatic N) is 1. The maximum Gasteiger partial charge on any atom is 0.229 e. The molecule has 0 spiro atoms. The van der Waals surface area contributed by atoms with Crippen molar-refractivity contribution in [2.45, 2.75) is 20.0 Å². The van der Waals surface area contributed by atoms with Gasteiger partial charge in [0.15, 0.2) is 0 Å². The summed E-state index contributed by atoms with van der Waals surface area (Å²) in [4.78, 5) is 0. The van der Waals surface area contributed by atoms with Gasteiger partial charge >= 0.3 is 0 Å². The zero-order valence-corrected chi connectivity index (χ0v) is 18.7. The summed E-state index contributed by atoms with van der Waals surface area (Å²) in [6.07, 6.45) is 3.74. The highest BCUT2D eigenvalue weighted by molar-refractivity contribution is 7.92. The lowest BCUT2D eigenvalue weighted by Crippen LogP contribution is -2.09. The van der Waals surface area contributed by atoms with Crippen LogP contribution in [0.2, 0.25) is 0 Å². The number of H-pyrrole nitrogens is 1. The quantitative estimate of drug-likeness (QED) is 0.452. The minimum absolute atomic E-state index is 0.456. The van der Waals surface area contributed by atoms with Gasteiger partial charge in [-0.3, -0.25) is 9.82 Å². The Labute approximate surface area is 187 Å². The van der Waals surface area contributed by atoms with Crippen LogP contribution in [0, 0.1) is 0 Å². The lowest BCUT2D eigenvalue weighted by molar-refractivity contribution is 0.307. The van der Waals surface area contributed by atoms with Crippen LogP contribution >= 0.6 is 0 Å². The Morgan fingerprint density at radius 3 is 2.75 bits per heavy atom. The minimum atomic E-state index is -3.37. The van der Waals surface area contributed by atoms with Gasteiger partial charge in [0.1, 0.15) is 12.4 Å². The van der Waals surface area contributed by atoms with Crippen LogP contribution in [0.1, 0.15) is 35.6 Å². The SMILES string of the molecule is CC/C(=C1\c2cc3cn[nH]c3cc2COc2ccccc21)c1cccc(NS(C)(=O)=O)c1. The number of aromatic nitrogens is 2. The standard InChI is InChI=1S/C25H23N3O3S/c1-3-20(16-7-6-8-19(11-16)28-32(2,29)30)25-21-9-4-5-10-24(21)31-15-18-13-23-17(12-22(18)25)14-26-27-23/h4-14,28H,3,15H2,1-2H3,(H,26,27)/b25-20+. The molecule has 0 aliphatic carbocycles. The Morgan fingerprint density at radius 2 is 1.94 bits per heavy atom. The largest absolute Gasteiger partial charge is 0.488 e. The van der Waals surface area contributed by atoms with Crippen LogP contribution in [-0.4, -0.2) is 24.9 Å². The maximum absolute atomic E-state index is 11.8. The summed E-state index contributed by atoms with van der Waals surface area (Å²) in [5.41, 5.74) is 7.87. The molecule has 1 aliphatic heterocycles. The number of benzene rings is 3. The third-order valence-corrected chi connectivity index (χ3v) is 6.25. The molecule has 1 aromatic heterocycles. The third-order valence-electron chi connectivity index (χ3n) is 5.64. The second-order valence-electron chi connectivity index (χ2n) is 7.91. The molecule has 32 heavy (non-hydrogen) atoms. The Bertz CT molecular complexity index is 1470. The van der Waals surface area contributed by atoms with E-state index in [1.807, 2.05) is 42.6 Å². The van der Waals surface area contributed by atoms with Gasteiger partial charge in [-0.25, -0.2) is 8.42 Å². The highest BCUT2D eigenvalue weighted by Gasteiger charge is 2.23. The summed E-state index contributed by atoms with van der Waals surface area (Å²) in [5.74, 6) is 0.830. The number of ether oxygens (including phenoxy) is 1. The first-order valence-electron chi connectivity index (χ1n) is 10.4. The topological polar surface area (TPSA) is 84.1 Å². The molecule has 7 heteroatoms. The lowest BCUT2D eigenvalue weighted by Gasteiger charge is -2.18. The van der Waals surface area contributed by atoms with Crippen molar-refractivity contribution in [2.75, 3.05) is 11.0 Å². The van der Waals surface area contributed by atoms with E-state index < -0.39 is 10.0 Å². The molecule has 0 unspecified atom stereocenters. The molecule has 3 aromatic carbocycles. The number of anilines is 1. The van der Waals surface area contributed by atoms with Crippen molar-refractivity contribution < 1.29 is 13.2 Å². The first-order chi connectivity index (χ1) is 15.4. The highest BCUT2D eigenvalue weighted by Crippen LogP contribution is 2.43. The van der Waals surface area contributed by atoms with Crippen molar-refractivity contribution in [1.29, 1.82) is 0 Å². The number of sulfonamides is 1. The molecule has 0 atom stereocenters. The van der Waals surface area contributed by atoms with Gasteiger partial charge in [-0.2, -0.15) is 5.10 Å². The van der Waals surface area contributed by atoms with E-state index in [0.717, 1.165) is 62.7 Å². The number of hydrogen-bond donors (Lipinski definition) is 2. The van der Waals surface area contributed by atoms with Crippen molar-refractivity contribution >= 4 is 37.8 Å². The van der Waals surface area contributed by atoms with E-state index in [-0.39, 0.29) is 0 Å². The van der Waals surface area contributed by atoms with Crippen molar-refractivity contribution in [1.82, 2.24) is 10.2 Å². The Hall–Kier alpha value is -3.58. The first kappa shape index (κ1) is 20.3. The monoisotopic (exact) mass is 445 g/mol. The number of allylic oxidation sites excluding steroid dienone is 1. The summed E-state index contributed by atoms with van der Waals surface area (Å²) in [7, 11) is -3.37. The average Bonchev–Trinajstić information content (AvgIpc) is 3.16. The molecule has 0 fully saturated rings. The van der Waals surface area contributed by atoms with Crippen LogP contribution in [0.5, 0.6) is 5.75 Å². The molecule has 2 heterocycles. The summed E-state index contributed by atoms with van der Waals surface area (Å²) in [6.45, 7) is 2.57. The fourth-order valence-corrected chi connectivity index (χ4v) is 4.88. The molecule has 0 amide bonds. The molecule has 1 aliphatic rings. The Morgan fingerprint density at radius 1 is 1.09 bits per heavy atom. The van der Waals surface area contributed by atoms with Gasteiger partial charge in [-0.05, 0) is 64.6 Å². The van der Waals surface area contributed by atoms with Crippen molar-refractivity contribution in [3.05, 3.63) is 89.1 Å². The van der Waals surface area contributed by atoms with E-state index >= 15 is 0 Å². The van der Waals surface area contributed by atoms with Crippen LogP contribution in [-0.2, 0) is 16.6 Å². The summed E-state index contributed by atoms with van der Waals surface area (Å²) in [5, 5.41) is 8.26. The number of fused-ring (bicyclic) bond motifs is 3. The van der Waals surface area contributed by atoms with Gasteiger partial charge in [-0.15, -0.1) is 0 Å². The van der Waals surface area contributed by atoms with Gasteiger partial charge < -0.3 is 4.74 Å². The van der Waals surface area contributed by atoms with E-state index in [2.05, 4.69) is 40.0 Å². The second-order valence-corrected chi connectivity index (χ2v) is 9.66. The molecule has 4 aromatic rings. The summed E-state index contributed by atoms with van der Waals surface area (Å²) >= 11 is 0. The van der Waals surface area contributed by atoms with Crippen LogP contribution in [0.25, 0.3) is 22.0 Å². The summed E-state index contributed by atoms with van der Waals surface area (Å²) < 4.78 is 32.3. The number of para-hydroxylation sites is 1. The molecular formula is C25H23N3O3S. The Balaban J connectivity index is 1.80. The highest BCUT2D eigenvalue weighted by atomic mass is 32.2. The smallest absolute Gasteiger partial charge is 0.229 e. The van der Waals surface area contributed by atoms with E-state index in [9.17, 15) is 8.42 Å². The molecule has 2 N–H and O–H groups in total. The lowest BCUT2D eigenvalue weighted by atomic mass is 9.86. The molecule has 0 bridgehead atoms. The van der Waals surface area contributed by atoms with E-state index in [1.165, 1.54) is 0 Å². The number of rotatable bonds is 4. The van der Waals surface area contributed by atoms with Gasteiger partial charge in [0.2, 0.25) is 10.0 Å². The molecule has 162 valence electrons. The number of aromatic amines is 1. The van der Waals surface area contributed by atoms with E-state index in [4.69, 9.17) is 4.74 Å².